The Balaban J connectivity index is 0.00000225. The van der Waals surface area contributed by atoms with Crippen LogP contribution in [0, 0.1) is 0 Å². The van der Waals surface area contributed by atoms with Crippen LogP contribution >= 0.6 is 23.4 Å². The van der Waals surface area contributed by atoms with Crippen molar-refractivity contribution >= 4 is 23.4 Å². The lowest BCUT2D eigenvalue weighted by molar-refractivity contribution is -0.00000538. The number of thioether (sulfide) groups is 1. The molecule has 0 unspecified atom stereocenters. The van der Waals surface area contributed by atoms with Gasteiger partial charge >= 0.3 is 0 Å². The maximum Gasteiger partial charge on any atom is 0.187 e. The van der Waals surface area contributed by atoms with E-state index in [1.54, 1.807) is 24.2 Å². The van der Waals surface area contributed by atoms with Crippen molar-refractivity contribution in [2.24, 2.45) is 0 Å². The van der Waals surface area contributed by atoms with E-state index in [0.29, 0.717) is 11.6 Å². The van der Waals surface area contributed by atoms with Crippen molar-refractivity contribution in [1.82, 2.24) is 15.3 Å². The molecule has 7 heteroatoms. The van der Waals surface area contributed by atoms with Gasteiger partial charge in [0.2, 0.25) is 0 Å². The molecule has 0 atom stereocenters. The number of rotatable bonds is 8. The van der Waals surface area contributed by atoms with Crippen LogP contribution in [0.1, 0.15) is 12.2 Å². The van der Waals surface area contributed by atoms with Gasteiger partial charge in [-0.15, -0.1) is 0 Å². The van der Waals surface area contributed by atoms with Crippen LogP contribution in [0.5, 0.6) is 0 Å². The zero-order chi connectivity index (χ0) is 16.6. The van der Waals surface area contributed by atoms with Crippen LogP contribution in [0.4, 0.5) is 0 Å². The third kappa shape index (κ3) is 6.36. The first-order valence-corrected chi connectivity index (χ1v) is 9.13. The highest BCUT2D eigenvalue weighted by Gasteiger charge is 2.05. The minimum atomic E-state index is 0. The molecule has 0 saturated heterocycles. The Bertz CT molecular complexity index is 768. The largest absolute Gasteiger partial charge is 1.00 e. The third-order valence-electron chi connectivity index (χ3n) is 3.34. The first kappa shape index (κ1) is 19.8. The topological polar surface area (TPSA) is 51.0 Å². The zero-order valence-electron chi connectivity index (χ0n) is 13.5. The molecule has 132 valence electrons. The fourth-order valence-electron chi connectivity index (χ4n) is 2.20. The van der Waals surface area contributed by atoms with Crippen molar-refractivity contribution in [2.75, 3.05) is 12.3 Å². The quantitative estimate of drug-likeness (QED) is 0.357. The predicted octanol–water partition coefficient (Wildman–Crippen LogP) is 1.67. The molecule has 0 bridgehead atoms. The van der Waals surface area contributed by atoms with Crippen LogP contribution < -0.4 is 17.7 Å². The molecule has 0 radical (unpaired) electrons. The summed E-state index contributed by atoms with van der Waals surface area (Å²) in [6, 6.07) is 13.5. The summed E-state index contributed by atoms with van der Waals surface area (Å²) in [5, 5.41) is 4.93. The molecule has 0 spiro atoms. The van der Waals surface area contributed by atoms with E-state index < -0.39 is 0 Å². The fourth-order valence-corrected chi connectivity index (χ4v) is 3.13. The Morgan fingerprint density at radius 3 is 2.72 bits per heavy atom. The van der Waals surface area contributed by atoms with E-state index in [4.69, 9.17) is 16.0 Å². The summed E-state index contributed by atoms with van der Waals surface area (Å²) >= 11 is 7.68. The SMILES string of the molecule is Clc1cccc(-c2ccc(CNCCCSc3ncccn3)o2)c1.[Cl-]. The van der Waals surface area contributed by atoms with Crippen LogP contribution in [-0.2, 0) is 6.54 Å². The van der Waals surface area contributed by atoms with Gasteiger partial charge in [-0.2, -0.15) is 0 Å². The van der Waals surface area contributed by atoms with Gasteiger partial charge in [0.1, 0.15) is 11.5 Å². The number of aromatic nitrogens is 2. The highest BCUT2D eigenvalue weighted by atomic mass is 35.5. The van der Waals surface area contributed by atoms with Gasteiger partial charge in [-0.05, 0) is 43.3 Å². The van der Waals surface area contributed by atoms with Crippen LogP contribution in [-0.4, -0.2) is 22.3 Å². The van der Waals surface area contributed by atoms with Gasteiger partial charge in [0.05, 0.1) is 6.54 Å². The second kappa shape index (κ2) is 10.5. The molecular weight excluding hydrogens is 377 g/mol. The number of hydrogen-bond acceptors (Lipinski definition) is 5. The zero-order valence-corrected chi connectivity index (χ0v) is 15.8. The average molecular weight is 395 g/mol. The van der Waals surface area contributed by atoms with Gasteiger partial charge in [0.15, 0.2) is 5.16 Å². The Kier molecular flexibility index (Phi) is 8.28. The van der Waals surface area contributed by atoms with E-state index in [2.05, 4.69) is 15.3 Å². The monoisotopic (exact) mass is 394 g/mol. The summed E-state index contributed by atoms with van der Waals surface area (Å²) in [6.07, 6.45) is 4.58. The van der Waals surface area contributed by atoms with Crippen molar-refractivity contribution in [3.8, 4) is 11.3 Å². The molecule has 1 N–H and O–H groups in total. The number of furan rings is 1. The molecule has 0 aliphatic carbocycles. The minimum Gasteiger partial charge on any atom is -1.00 e. The van der Waals surface area contributed by atoms with E-state index in [1.165, 1.54) is 0 Å². The molecule has 3 aromatic rings. The number of halogens is 2. The summed E-state index contributed by atoms with van der Waals surface area (Å²) in [4.78, 5) is 8.38. The van der Waals surface area contributed by atoms with E-state index in [-0.39, 0.29) is 12.4 Å². The molecule has 0 aliphatic heterocycles. The van der Waals surface area contributed by atoms with Gasteiger partial charge in [-0.1, -0.05) is 35.5 Å². The number of benzene rings is 1. The highest BCUT2D eigenvalue weighted by molar-refractivity contribution is 7.99. The lowest BCUT2D eigenvalue weighted by Gasteiger charge is -2.03. The van der Waals surface area contributed by atoms with Crippen LogP contribution in [0.15, 0.2) is 64.4 Å². The number of hydrogen-bond donors (Lipinski definition) is 1. The number of nitrogens with zero attached hydrogens (tertiary/aromatic N) is 2. The first-order valence-electron chi connectivity index (χ1n) is 7.76. The minimum absolute atomic E-state index is 0. The molecule has 3 rings (SSSR count). The summed E-state index contributed by atoms with van der Waals surface area (Å²) in [5.74, 6) is 2.75. The fraction of sp³-hybridized carbons (Fsp3) is 0.222. The summed E-state index contributed by atoms with van der Waals surface area (Å²) in [5.41, 5.74) is 0.994. The number of nitrogens with one attached hydrogen (secondary N) is 1. The Hall–Kier alpha value is -1.53. The molecular formula is C18H18Cl2N3OS-. The van der Waals surface area contributed by atoms with Gasteiger partial charge in [-0.3, -0.25) is 0 Å². The molecule has 1 aromatic carbocycles. The van der Waals surface area contributed by atoms with Gasteiger partial charge in [0, 0.05) is 28.7 Å². The maximum absolute atomic E-state index is 6.01. The van der Waals surface area contributed by atoms with E-state index in [1.807, 2.05) is 42.5 Å². The average Bonchev–Trinajstić information content (AvgIpc) is 3.08. The Morgan fingerprint density at radius 2 is 1.92 bits per heavy atom. The normalized spacial score (nSPS) is 10.4. The Labute approximate surface area is 162 Å². The van der Waals surface area contributed by atoms with Crippen LogP contribution in [0.25, 0.3) is 11.3 Å². The highest BCUT2D eigenvalue weighted by Crippen LogP contribution is 2.24. The lowest BCUT2D eigenvalue weighted by atomic mass is 10.2. The summed E-state index contributed by atoms with van der Waals surface area (Å²) in [7, 11) is 0. The second-order valence-electron chi connectivity index (χ2n) is 5.19. The van der Waals surface area contributed by atoms with E-state index >= 15 is 0 Å². The van der Waals surface area contributed by atoms with Crippen molar-refractivity contribution in [1.29, 1.82) is 0 Å². The summed E-state index contributed by atoms with van der Waals surface area (Å²) in [6.45, 7) is 1.64. The molecule has 0 aliphatic rings. The van der Waals surface area contributed by atoms with Gasteiger partial charge in [0.25, 0.3) is 0 Å². The van der Waals surface area contributed by atoms with Crippen LogP contribution in [0.2, 0.25) is 5.02 Å². The lowest BCUT2D eigenvalue weighted by Crippen LogP contribution is -3.00. The predicted molar refractivity (Wildman–Crippen MR) is 98.2 cm³/mol. The third-order valence-corrected chi connectivity index (χ3v) is 4.54. The molecule has 4 nitrogen and oxygen atoms in total. The van der Waals surface area contributed by atoms with Crippen LogP contribution in [0.3, 0.4) is 0 Å². The Morgan fingerprint density at radius 1 is 1.08 bits per heavy atom. The standard InChI is InChI=1S/C18H18ClN3OS.ClH/c19-15-5-1-4-14(12-15)17-7-6-16(23-17)13-20-8-3-11-24-18-21-9-2-10-22-18;/h1-2,4-7,9-10,12,20H,3,8,11,13H2;1H/p-1. The van der Waals surface area contributed by atoms with Crippen molar-refractivity contribution in [3.63, 3.8) is 0 Å². The molecule has 0 fully saturated rings. The van der Waals surface area contributed by atoms with Gasteiger partial charge < -0.3 is 22.1 Å². The molecule has 0 amide bonds. The van der Waals surface area contributed by atoms with Crippen molar-refractivity contribution in [2.45, 2.75) is 18.1 Å². The summed E-state index contributed by atoms with van der Waals surface area (Å²) < 4.78 is 5.85. The van der Waals surface area contributed by atoms with E-state index in [0.717, 1.165) is 41.0 Å². The molecule has 2 aromatic heterocycles. The smallest absolute Gasteiger partial charge is 0.187 e. The first-order chi connectivity index (χ1) is 11.8. The molecule has 0 saturated carbocycles. The van der Waals surface area contributed by atoms with Gasteiger partial charge in [-0.25, -0.2) is 9.97 Å². The molecule has 25 heavy (non-hydrogen) atoms. The second-order valence-corrected chi connectivity index (χ2v) is 6.68. The van der Waals surface area contributed by atoms with Crippen molar-refractivity contribution < 1.29 is 16.8 Å². The maximum atomic E-state index is 6.01. The van der Waals surface area contributed by atoms with E-state index in [9.17, 15) is 0 Å². The van der Waals surface area contributed by atoms with Crippen molar-refractivity contribution in [3.05, 3.63) is 65.6 Å². The molecule has 2 heterocycles.